The van der Waals surface area contributed by atoms with Crippen LogP contribution < -0.4 is 0 Å². The monoisotopic (exact) mass is 221 g/mol. The Morgan fingerprint density at radius 2 is 2.12 bits per heavy atom. The lowest BCUT2D eigenvalue weighted by molar-refractivity contribution is -0.132. The van der Waals surface area contributed by atoms with Gasteiger partial charge < -0.3 is 10.2 Å². The molecule has 0 bridgehead atoms. The molecular formula is C12H15NO3. The van der Waals surface area contributed by atoms with Crippen molar-refractivity contribution in [2.75, 3.05) is 0 Å². The quantitative estimate of drug-likeness (QED) is 0.761. The van der Waals surface area contributed by atoms with Gasteiger partial charge in [-0.3, -0.25) is 4.98 Å². The van der Waals surface area contributed by atoms with Gasteiger partial charge in [-0.15, -0.1) is 0 Å². The van der Waals surface area contributed by atoms with Gasteiger partial charge in [0.25, 0.3) is 0 Å². The molecule has 0 radical (unpaired) electrons. The molecule has 16 heavy (non-hydrogen) atoms. The molecule has 1 aromatic rings. The van der Waals surface area contributed by atoms with Crippen molar-refractivity contribution in [1.29, 1.82) is 0 Å². The van der Waals surface area contributed by atoms with Crippen LogP contribution >= 0.6 is 0 Å². The number of carboxylic acid groups (broad SMARTS) is 1. The van der Waals surface area contributed by atoms with E-state index in [4.69, 9.17) is 10.2 Å². The van der Waals surface area contributed by atoms with Gasteiger partial charge in [-0.1, -0.05) is 13.0 Å². The molecule has 86 valence electrons. The summed E-state index contributed by atoms with van der Waals surface area (Å²) in [7, 11) is 0. The summed E-state index contributed by atoms with van der Waals surface area (Å²) in [5, 5.41) is 17.9. The normalized spacial score (nSPS) is 12.2. The average Bonchev–Trinajstić information content (AvgIpc) is 2.30. The van der Waals surface area contributed by atoms with E-state index in [2.05, 4.69) is 4.98 Å². The Labute approximate surface area is 94.3 Å². The van der Waals surface area contributed by atoms with Crippen LogP contribution in [0.15, 0.2) is 23.8 Å². The molecule has 2 N–H and O–H groups in total. The van der Waals surface area contributed by atoms with Crippen molar-refractivity contribution < 1.29 is 15.0 Å². The van der Waals surface area contributed by atoms with Crippen LogP contribution in [0.3, 0.4) is 0 Å². The maximum Gasteiger partial charge on any atom is 0.331 e. The Bertz CT molecular complexity index is 424. The van der Waals surface area contributed by atoms with E-state index in [1.807, 2.05) is 6.92 Å². The highest BCUT2D eigenvalue weighted by atomic mass is 16.4. The van der Waals surface area contributed by atoms with E-state index in [9.17, 15) is 4.79 Å². The van der Waals surface area contributed by atoms with Crippen LogP contribution in [0.1, 0.15) is 31.7 Å². The topological polar surface area (TPSA) is 70.4 Å². The number of nitrogens with zero attached hydrogens (tertiary/aromatic N) is 1. The number of hydrogen-bond donors (Lipinski definition) is 2. The maximum atomic E-state index is 10.9. The first-order valence-corrected chi connectivity index (χ1v) is 5.10. The Balaban J connectivity index is 3.23. The van der Waals surface area contributed by atoms with Crippen LogP contribution in [0.4, 0.5) is 0 Å². The third-order valence-corrected chi connectivity index (χ3v) is 2.40. The first-order chi connectivity index (χ1) is 7.60. The second kappa shape index (κ2) is 5.42. The van der Waals surface area contributed by atoms with Gasteiger partial charge in [0.15, 0.2) is 0 Å². The zero-order valence-corrected chi connectivity index (χ0v) is 9.40. The molecule has 0 atom stereocenters. The summed E-state index contributed by atoms with van der Waals surface area (Å²) >= 11 is 0. The summed E-state index contributed by atoms with van der Waals surface area (Å²) in [5.74, 6) is -0.937. The Morgan fingerprint density at radius 3 is 2.62 bits per heavy atom. The molecule has 0 fully saturated rings. The molecule has 0 saturated heterocycles. The molecule has 1 rings (SSSR count). The molecule has 0 unspecified atom stereocenters. The minimum atomic E-state index is -0.937. The lowest BCUT2D eigenvalue weighted by Gasteiger charge is -2.08. The molecule has 0 aliphatic heterocycles. The van der Waals surface area contributed by atoms with Gasteiger partial charge in [0.1, 0.15) is 0 Å². The summed E-state index contributed by atoms with van der Waals surface area (Å²) in [5.41, 5.74) is 2.16. The highest BCUT2D eigenvalue weighted by molar-refractivity contribution is 5.95. The fraction of sp³-hybridized carbons (Fsp3) is 0.333. The van der Waals surface area contributed by atoms with E-state index in [-0.39, 0.29) is 6.61 Å². The fourth-order valence-corrected chi connectivity index (χ4v) is 1.50. The Morgan fingerprint density at radius 1 is 1.44 bits per heavy atom. The highest BCUT2D eigenvalue weighted by Gasteiger charge is 2.11. The molecule has 1 aromatic heterocycles. The zero-order valence-electron chi connectivity index (χ0n) is 9.40. The summed E-state index contributed by atoms with van der Waals surface area (Å²) in [4.78, 5) is 15.1. The minimum Gasteiger partial charge on any atom is -0.478 e. The van der Waals surface area contributed by atoms with E-state index in [0.717, 1.165) is 0 Å². The van der Waals surface area contributed by atoms with Crippen LogP contribution in [0.5, 0.6) is 0 Å². The van der Waals surface area contributed by atoms with Crippen LogP contribution in [0.2, 0.25) is 0 Å². The van der Waals surface area contributed by atoms with Gasteiger partial charge in [-0.05, 0) is 31.1 Å². The van der Waals surface area contributed by atoms with Gasteiger partial charge >= 0.3 is 5.97 Å². The lowest BCUT2D eigenvalue weighted by atomic mass is 10.0. The number of allylic oxidation sites excluding steroid dienone is 1. The molecule has 0 aliphatic rings. The van der Waals surface area contributed by atoms with E-state index < -0.39 is 5.97 Å². The van der Waals surface area contributed by atoms with Crippen molar-refractivity contribution in [1.82, 2.24) is 4.98 Å². The van der Waals surface area contributed by atoms with Crippen molar-refractivity contribution in [2.45, 2.75) is 26.9 Å². The van der Waals surface area contributed by atoms with Crippen LogP contribution in [0.25, 0.3) is 5.57 Å². The number of aliphatic hydroxyl groups is 1. The molecule has 0 spiro atoms. The van der Waals surface area contributed by atoms with Crippen molar-refractivity contribution in [2.24, 2.45) is 0 Å². The van der Waals surface area contributed by atoms with Crippen molar-refractivity contribution in [3.8, 4) is 0 Å². The first kappa shape index (κ1) is 12.4. The molecule has 4 heteroatoms. The number of aliphatic carboxylic acids is 1. The van der Waals surface area contributed by atoms with E-state index in [0.29, 0.717) is 29.0 Å². The second-order valence-corrected chi connectivity index (χ2v) is 3.43. The van der Waals surface area contributed by atoms with Crippen molar-refractivity contribution >= 4 is 11.5 Å². The van der Waals surface area contributed by atoms with Crippen LogP contribution in [-0.2, 0) is 11.4 Å². The Hall–Kier alpha value is -1.68. The predicted molar refractivity (Wildman–Crippen MR) is 60.7 cm³/mol. The summed E-state index contributed by atoms with van der Waals surface area (Å²) in [6.07, 6.45) is 0.597. The molecule has 0 amide bonds. The van der Waals surface area contributed by atoms with E-state index in [1.54, 1.807) is 25.1 Å². The molecular weight excluding hydrogens is 206 g/mol. The predicted octanol–water partition coefficient (Wildman–Crippen LogP) is 1.84. The number of aliphatic hydroxyl groups excluding tert-OH is 1. The number of aromatic nitrogens is 1. The van der Waals surface area contributed by atoms with Gasteiger partial charge in [0.05, 0.1) is 18.0 Å². The fourth-order valence-electron chi connectivity index (χ4n) is 1.50. The van der Waals surface area contributed by atoms with Crippen LogP contribution in [-0.4, -0.2) is 21.2 Å². The van der Waals surface area contributed by atoms with Gasteiger partial charge in [0.2, 0.25) is 0 Å². The smallest absolute Gasteiger partial charge is 0.331 e. The second-order valence-electron chi connectivity index (χ2n) is 3.43. The lowest BCUT2D eigenvalue weighted by Crippen LogP contribution is -2.03. The average molecular weight is 221 g/mol. The summed E-state index contributed by atoms with van der Waals surface area (Å²) in [6.45, 7) is 3.31. The third kappa shape index (κ3) is 2.67. The maximum absolute atomic E-state index is 10.9. The number of carbonyl (C=O) groups is 1. The standard InChI is InChI=1S/C12H15NO3/c1-3-10(8(2)12(15)16)11-6-4-5-9(7-14)13-11/h4-6,14H,3,7H2,1-2H3,(H,15,16). The summed E-state index contributed by atoms with van der Waals surface area (Å²) in [6, 6.07) is 5.22. The molecule has 4 nitrogen and oxygen atoms in total. The zero-order chi connectivity index (χ0) is 12.1. The van der Waals surface area contributed by atoms with E-state index >= 15 is 0 Å². The first-order valence-electron chi connectivity index (χ1n) is 5.10. The number of pyridine rings is 1. The largest absolute Gasteiger partial charge is 0.478 e. The number of carboxylic acids is 1. The molecule has 1 heterocycles. The minimum absolute atomic E-state index is 0.142. The SMILES string of the molecule is CCC(=C(C)C(=O)O)c1cccc(CO)n1. The number of hydrogen-bond acceptors (Lipinski definition) is 3. The van der Waals surface area contributed by atoms with E-state index in [1.165, 1.54) is 0 Å². The summed E-state index contributed by atoms with van der Waals surface area (Å²) < 4.78 is 0. The Kier molecular flexibility index (Phi) is 4.19. The number of rotatable bonds is 4. The molecule has 0 aromatic carbocycles. The van der Waals surface area contributed by atoms with Gasteiger partial charge in [-0.2, -0.15) is 0 Å². The molecule has 0 saturated carbocycles. The molecule has 0 aliphatic carbocycles. The third-order valence-electron chi connectivity index (χ3n) is 2.40. The van der Waals surface area contributed by atoms with Gasteiger partial charge in [-0.25, -0.2) is 4.79 Å². The van der Waals surface area contributed by atoms with Crippen LogP contribution in [0, 0.1) is 0 Å². The van der Waals surface area contributed by atoms with Crippen molar-refractivity contribution in [3.05, 3.63) is 35.2 Å². The van der Waals surface area contributed by atoms with Gasteiger partial charge in [0, 0.05) is 5.57 Å². The highest BCUT2D eigenvalue weighted by Crippen LogP contribution is 2.20. The van der Waals surface area contributed by atoms with Crippen molar-refractivity contribution in [3.63, 3.8) is 0 Å².